The predicted octanol–water partition coefficient (Wildman–Crippen LogP) is 1.92. The standard InChI is InChI=1S/C21H28N6O/c1-16-14-23-17(2)20(24-16)26-12-10-25(11-13-26)19-5-8-27(9-6-19)21(28)18-4-3-7-22-15-18/h3-4,7,14-15,19H,5-6,8-13H2,1-2H3. The highest BCUT2D eigenvalue weighted by Gasteiger charge is 2.30. The highest BCUT2D eigenvalue weighted by Crippen LogP contribution is 2.22. The molecule has 4 heterocycles. The lowest BCUT2D eigenvalue weighted by molar-refractivity contribution is 0.0610. The van der Waals surface area contributed by atoms with Crippen molar-refractivity contribution in [2.75, 3.05) is 44.2 Å². The van der Waals surface area contributed by atoms with E-state index in [0.717, 1.165) is 69.3 Å². The fraction of sp³-hybridized carbons (Fsp3) is 0.524. The summed E-state index contributed by atoms with van der Waals surface area (Å²) in [5.41, 5.74) is 2.65. The summed E-state index contributed by atoms with van der Waals surface area (Å²) in [4.78, 5) is 32.7. The zero-order valence-electron chi connectivity index (χ0n) is 16.7. The Bertz CT molecular complexity index is 811. The molecule has 0 aromatic carbocycles. The van der Waals surface area contributed by atoms with Crippen LogP contribution in [-0.4, -0.2) is 76.0 Å². The van der Waals surface area contributed by atoms with Gasteiger partial charge in [-0.1, -0.05) is 0 Å². The lowest BCUT2D eigenvalue weighted by atomic mass is 10.0. The maximum Gasteiger partial charge on any atom is 0.255 e. The summed E-state index contributed by atoms with van der Waals surface area (Å²) in [6, 6.07) is 4.22. The number of aryl methyl sites for hydroxylation is 2. The van der Waals surface area contributed by atoms with Crippen molar-refractivity contribution in [2.24, 2.45) is 0 Å². The molecule has 2 saturated heterocycles. The number of nitrogens with zero attached hydrogens (tertiary/aromatic N) is 6. The quantitative estimate of drug-likeness (QED) is 0.811. The molecule has 7 nitrogen and oxygen atoms in total. The van der Waals surface area contributed by atoms with Crippen LogP contribution in [0.2, 0.25) is 0 Å². The van der Waals surface area contributed by atoms with Gasteiger partial charge < -0.3 is 9.80 Å². The van der Waals surface area contributed by atoms with Crippen molar-refractivity contribution < 1.29 is 4.79 Å². The molecule has 0 unspecified atom stereocenters. The predicted molar refractivity (Wildman–Crippen MR) is 108 cm³/mol. The van der Waals surface area contributed by atoms with Crippen molar-refractivity contribution >= 4 is 11.7 Å². The average molecular weight is 380 g/mol. The van der Waals surface area contributed by atoms with Crippen LogP contribution < -0.4 is 4.90 Å². The minimum Gasteiger partial charge on any atom is -0.353 e. The Hall–Kier alpha value is -2.54. The molecule has 2 aromatic heterocycles. The third-order valence-electron chi connectivity index (χ3n) is 5.84. The molecule has 7 heteroatoms. The van der Waals surface area contributed by atoms with Crippen molar-refractivity contribution in [2.45, 2.75) is 32.7 Å². The molecule has 2 aliphatic heterocycles. The van der Waals surface area contributed by atoms with E-state index in [1.807, 2.05) is 37.1 Å². The number of anilines is 1. The zero-order chi connectivity index (χ0) is 19.5. The molecule has 0 saturated carbocycles. The van der Waals surface area contributed by atoms with Crippen LogP contribution in [0.25, 0.3) is 0 Å². The molecule has 1 amide bonds. The van der Waals surface area contributed by atoms with Crippen LogP contribution in [0.15, 0.2) is 30.7 Å². The molecule has 2 aromatic rings. The first-order chi connectivity index (χ1) is 13.6. The number of aromatic nitrogens is 3. The molecule has 148 valence electrons. The second-order valence-corrected chi connectivity index (χ2v) is 7.71. The fourth-order valence-corrected chi connectivity index (χ4v) is 4.23. The third kappa shape index (κ3) is 3.99. The van der Waals surface area contributed by atoms with E-state index in [1.54, 1.807) is 12.4 Å². The number of carbonyl (C=O) groups excluding carboxylic acids is 1. The summed E-state index contributed by atoms with van der Waals surface area (Å²) in [5, 5.41) is 0. The van der Waals surface area contributed by atoms with E-state index in [-0.39, 0.29) is 5.91 Å². The summed E-state index contributed by atoms with van der Waals surface area (Å²) < 4.78 is 0. The molecule has 0 aliphatic carbocycles. The maximum atomic E-state index is 12.6. The zero-order valence-corrected chi connectivity index (χ0v) is 16.7. The topological polar surface area (TPSA) is 65.5 Å². The molecule has 4 rings (SSSR count). The normalized spacial score (nSPS) is 19.1. The summed E-state index contributed by atoms with van der Waals surface area (Å²) in [6.07, 6.45) is 7.26. The van der Waals surface area contributed by atoms with E-state index in [1.165, 1.54) is 0 Å². The molecule has 28 heavy (non-hydrogen) atoms. The number of amides is 1. The van der Waals surface area contributed by atoms with Crippen LogP contribution in [0.5, 0.6) is 0 Å². The van der Waals surface area contributed by atoms with Gasteiger partial charge in [-0.15, -0.1) is 0 Å². The Balaban J connectivity index is 1.29. The van der Waals surface area contributed by atoms with Crippen LogP contribution in [0, 0.1) is 13.8 Å². The molecule has 0 atom stereocenters. The molecule has 0 N–H and O–H groups in total. The molecule has 0 bridgehead atoms. The Morgan fingerprint density at radius 2 is 1.79 bits per heavy atom. The van der Waals surface area contributed by atoms with E-state index in [0.29, 0.717) is 11.6 Å². The maximum absolute atomic E-state index is 12.6. The van der Waals surface area contributed by atoms with Gasteiger partial charge >= 0.3 is 0 Å². The minimum absolute atomic E-state index is 0.102. The first kappa shape index (κ1) is 18.8. The van der Waals surface area contributed by atoms with Crippen LogP contribution >= 0.6 is 0 Å². The number of carbonyl (C=O) groups is 1. The highest BCUT2D eigenvalue weighted by atomic mass is 16.2. The lowest BCUT2D eigenvalue weighted by Gasteiger charge is -2.43. The van der Waals surface area contributed by atoms with Crippen molar-refractivity contribution in [1.82, 2.24) is 24.8 Å². The van der Waals surface area contributed by atoms with Gasteiger partial charge in [0.25, 0.3) is 5.91 Å². The third-order valence-corrected chi connectivity index (χ3v) is 5.84. The molecular weight excluding hydrogens is 352 g/mol. The van der Waals surface area contributed by atoms with E-state index in [2.05, 4.69) is 24.8 Å². The van der Waals surface area contributed by atoms with Gasteiger partial charge in [-0.05, 0) is 38.8 Å². The second kappa shape index (κ2) is 8.22. The number of piperazine rings is 1. The lowest BCUT2D eigenvalue weighted by Crippen LogP contribution is -2.54. The average Bonchev–Trinajstić information content (AvgIpc) is 2.76. The van der Waals surface area contributed by atoms with Crippen molar-refractivity contribution in [3.63, 3.8) is 0 Å². The first-order valence-corrected chi connectivity index (χ1v) is 10.1. The Morgan fingerprint density at radius 3 is 2.46 bits per heavy atom. The number of pyridine rings is 1. The summed E-state index contributed by atoms with van der Waals surface area (Å²) >= 11 is 0. The summed E-state index contributed by atoms with van der Waals surface area (Å²) in [6.45, 7) is 9.70. The van der Waals surface area contributed by atoms with Crippen LogP contribution in [0.1, 0.15) is 34.6 Å². The first-order valence-electron chi connectivity index (χ1n) is 10.1. The number of likely N-dealkylation sites (tertiary alicyclic amines) is 1. The molecule has 2 fully saturated rings. The minimum atomic E-state index is 0.102. The number of piperidine rings is 1. The van der Waals surface area contributed by atoms with Crippen LogP contribution in [0.4, 0.5) is 5.82 Å². The van der Waals surface area contributed by atoms with Gasteiger partial charge in [0.05, 0.1) is 17.0 Å². The number of hydrogen-bond donors (Lipinski definition) is 0. The van der Waals surface area contributed by atoms with Gasteiger partial charge in [0.1, 0.15) is 5.82 Å². The number of hydrogen-bond acceptors (Lipinski definition) is 6. The van der Waals surface area contributed by atoms with Gasteiger partial charge in [0, 0.05) is 63.9 Å². The number of rotatable bonds is 3. The van der Waals surface area contributed by atoms with Crippen LogP contribution in [0.3, 0.4) is 0 Å². The SMILES string of the molecule is Cc1cnc(C)c(N2CCN(C3CCN(C(=O)c4cccnc4)CC3)CC2)n1. The summed E-state index contributed by atoms with van der Waals surface area (Å²) in [7, 11) is 0. The van der Waals surface area contributed by atoms with Gasteiger partial charge in [0.15, 0.2) is 0 Å². The smallest absolute Gasteiger partial charge is 0.255 e. The van der Waals surface area contributed by atoms with E-state index in [9.17, 15) is 4.79 Å². The molecule has 2 aliphatic rings. The van der Waals surface area contributed by atoms with Gasteiger partial charge in [-0.3, -0.25) is 19.7 Å². The molecule has 0 radical (unpaired) electrons. The Morgan fingerprint density at radius 1 is 1.04 bits per heavy atom. The van der Waals surface area contributed by atoms with Crippen molar-refractivity contribution in [3.05, 3.63) is 47.7 Å². The fourth-order valence-electron chi connectivity index (χ4n) is 4.23. The van der Waals surface area contributed by atoms with Crippen molar-refractivity contribution in [1.29, 1.82) is 0 Å². The monoisotopic (exact) mass is 380 g/mol. The highest BCUT2D eigenvalue weighted by molar-refractivity contribution is 5.93. The second-order valence-electron chi connectivity index (χ2n) is 7.71. The Kier molecular flexibility index (Phi) is 5.52. The molecule has 0 spiro atoms. The van der Waals surface area contributed by atoms with Gasteiger partial charge in [-0.2, -0.15) is 0 Å². The summed E-state index contributed by atoms with van der Waals surface area (Å²) in [5.74, 6) is 1.13. The van der Waals surface area contributed by atoms with Gasteiger partial charge in [0.2, 0.25) is 0 Å². The van der Waals surface area contributed by atoms with E-state index in [4.69, 9.17) is 0 Å². The van der Waals surface area contributed by atoms with E-state index < -0.39 is 0 Å². The largest absolute Gasteiger partial charge is 0.353 e. The Labute approximate surface area is 166 Å². The molecular formula is C21H28N6O. The van der Waals surface area contributed by atoms with Crippen LogP contribution in [-0.2, 0) is 0 Å². The van der Waals surface area contributed by atoms with E-state index >= 15 is 0 Å². The van der Waals surface area contributed by atoms with Gasteiger partial charge in [-0.25, -0.2) is 4.98 Å². The van der Waals surface area contributed by atoms with Crippen molar-refractivity contribution in [3.8, 4) is 0 Å².